The van der Waals surface area contributed by atoms with E-state index in [1.54, 1.807) is 27.4 Å². The van der Waals surface area contributed by atoms with Crippen molar-refractivity contribution in [3.63, 3.8) is 0 Å². The van der Waals surface area contributed by atoms with Crippen molar-refractivity contribution >= 4 is 5.78 Å². The zero-order chi connectivity index (χ0) is 14.7. The third-order valence-corrected chi connectivity index (χ3v) is 3.60. The van der Waals surface area contributed by atoms with Gasteiger partial charge in [-0.1, -0.05) is 11.6 Å². The first-order valence-electron chi connectivity index (χ1n) is 6.59. The fraction of sp³-hybridized carbons (Fsp3) is 0.438. The van der Waals surface area contributed by atoms with Gasteiger partial charge in [0, 0.05) is 12.0 Å². The van der Waals surface area contributed by atoms with Crippen molar-refractivity contribution in [3.05, 3.63) is 29.3 Å². The molecule has 1 unspecified atom stereocenters. The second-order valence-corrected chi connectivity index (χ2v) is 4.99. The van der Waals surface area contributed by atoms with Crippen molar-refractivity contribution in [1.29, 1.82) is 0 Å². The van der Waals surface area contributed by atoms with Crippen molar-refractivity contribution in [1.82, 2.24) is 0 Å². The van der Waals surface area contributed by atoms with Gasteiger partial charge in [0.2, 0.25) is 5.75 Å². The minimum Gasteiger partial charge on any atom is -0.493 e. The maximum Gasteiger partial charge on any atom is 0.203 e. The van der Waals surface area contributed by atoms with Gasteiger partial charge in [0.15, 0.2) is 17.3 Å². The summed E-state index contributed by atoms with van der Waals surface area (Å²) in [7, 11) is 4.78. The summed E-state index contributed by atoms with van der Waals surface area (Å²) in [6.45, 7) is 1.98. The summed E-state index contributed by atoms with van der Waals surface area (Å²) in [5.41, 5.74) is 2.09. The molecule has 0 saturated carbocycles. The molecule has 108 valence electrons. The van der Waals surface area contributed by atoms with Crippen LogP contribution in [0.2, 0.25) is 0 Å². The summed E-state index contributed by atoms with van der Waals surface area (Å²) in [4.78, 5) is 11.8. The van der Waals surface area contributed by atoms with Crippen molar-refractivity contribution < 1.29 is 19.0 Å². The van der Waals surface area contributed by atoms with E-state index in [4.69, 9.17) is 14.2 Å². The van der Waals surface area contributed by atoms with Crippen LogP contribution >= 0.6 is 0 Å². The number of ketones is 1. The fourth-order valence-corrected chi connectivity index (χ4v) is 2.76. The van der Waals surface area contributed by atoms with E-state index >= 15 is 0 Å². The molecule has 0 heterocycles. The molecule has 20 heavy (non-hydrogen) atoms. The largest absolute Gasteiger partial charge is 0.493 e. The smallest absolute Gasteiger partial charge is 0.203 e. The van der Waals surface area contributed by atoms with Gasteiger partial charge in [0.05, 0.1) is 21.3 Å². The highest BCUT2D eigenvalue weighted by Gasteiger charge is 2.26. The van der Waals surface area contributed by atoms with Crippen LogP contribution in [0.25, 0.3) is 0 Å². The lowest BCUT2D eigenvalue weighted by molar-refractivity contribution is -0.115. The molecule has 0 radical (unpaired) electrons. The lowest BCUT2D eigenvalue weighted by atomic mass is 9.83. The van der Waals surface area contributed by atoms with E-state index in [0.29, 0.717) is 23.7 Å². The first kappa shape index (κ1) is 14.4. The molecule has 0 aromatic heterocycles. The summed E-state index contributed by atoms with van der Waals surface area (Å²) in [6.07, 6.45) is 3.09. The Hall–Kier alpha value is -1.97. The summed E-state index contributed by atoms with van der Waals surface area (Å²) in [5, 5.41) is 0. The van der Waals surface area contributed by atoms with Crippen molar-refractivity contribution in [3.8, 4) is 17.2 Å². The maximum atomic E-state index is 11.8. The second-order valence-electron chi connectivity index (χ2n) is 4.99. The number of carbonyl (C=O) groups is 1. The van der Waals surface area contributed by atoms with Gasteiger partial charge in [-0.3, -0.25) is 4.79 Å². The molecular weight excluding hydrogens is 256 g/mol. The number of carbonyl (C=O) groups excluding carboxylic acids is 1. The summed E-state index contributed by atoms with van der Waals surface area (Å²) >= 11 is 0. The molecule has 2 rings (SSSR count). The zero-order valence-corrected chi connectivity index (χ0v) is 12.4. The Labute approximate surface area is 119 Å². The van der Waals surface area contributed by atoms with E-state index in [1.165, 1.54) is 0 Å². The topological polar surface area (TPSA) is 44.8 Å². The average molecular weight is 276 g/mol. The zero-order valence-electron chi connectivity index (χ0n) is 12.4. The van der Waals surface area contributed by atoms with Gasteiger partial charge in [-0.15, -0.1) is 0 Å². The highest BCUT2D eigenvalue weighted by Crippen LogP contribution is 2.45. The first-order valence-corrected chi connectivity index (χ1v) is 6.59. The predicted octanol–water partition coefficient (Wildman–Crippen LogP) is 3.11. The Morgan fingerprint density at radius 2 is 1.70 bits per heavy atom. The Morgan fingerprint density at radius 3 is 2.25 bits per heavy atom. The Balaban J connectivity index is 2.47. The average Bonchev–Trinajstić information content (AvgIpc) is 2.44. The number of allylic oxidation sites excluding steroid dienone is 2. The minimum absolute atomic E-state index is 0.127. The van der Waals surface area contributed by atoms with Crippen LogP contribution in [-0.4, -0.2) is 27.1 Å². The molecule has 0 N–H and O–H groups in total. The SMILES string of the molecule is COc1ccc(C2CC(=O)C=C(C)C2)c(OC)c1OC. The molecule has 0 fully saturated rings. The molecule has 0 spiro atoms. The molecule has 1 aliphatic carbocycles. The van der Waals surface area contributed by atoms with Crippen LogP contribution in [0.5, 0.6) is 17.2 Å². The quantitative estimate of drug-likeness (QED) is 0.847. The number of hydrogen-bond acceptors (Lipinski definition) is 4. The van der Waals surface area contributed by atoms with E-state index in [0.717, 1.165) is 17.6 Å². The highest BCUT2D eigenvalue weighted by atomic mass is 16.5. The lowest BCUT2D eigenvalue weighted by Crippen LogP contribution is -2.13. The molecule has 4 heteroatoms. The molecule has 4 nitrogen and oxygen atoms in total. The van der Waals surface area contributed by atoms with Crippen LogP contribution in [0, 0.1) is 0 Å². The number of ether oxygens (including phenoxy) is 3. The highest BCUT2D eigenvalue weighted by molar-refractivity contribution is 5.92. The van der Waals surface area contributed by atoms with Crippen molar-refractivity contribution in [2.75, 3.05) is 21.3 Å². The summed E-state index contributed by atoms with van der Waals surface area (Å²) < 4.78 is 16.2. The molecule has 0 amide bonds. The fourth-order valence-electron chi connectivity index (χ4n) is 2.76. The van der Waals surface area contributed by atoms with Gasteiger partial charge in [-0.25, -0.2) is 0 Å². The van der Waals surface area contributed by atoms with E-state index in [9.17, 15) is 4.79 Å². The molecular formula is C16H20O4. The third kappa shape index (κ3) is 2.64. The molecule has 0 bridgehead atoms. The normalized spacial score (nSPS) is 18.5. The summed E-state index contributed by atoms with van der Waals surface area (Å²) in [5.74, 6) is 2.15. The van der Waals surface area contributed by atoms with Crippen molar-refractivity contribution in [2.45, 2.75) is 25.7 Å². The minimum atomic E-state index is 0.127. The lowest BCUT2D eigenvalue weighted by Gasteiger charge is -2.24. The molecule has 1 aromatic carbocycles. The predicted molar refractivity (Wildman–Crippen MR) is 76.8 cm³/mol. The Bertz CT molecular complexity index is 546. The number of rotatable bonds is 4. The van der Waals surface area contributed by atoms with E-state index in [1.807, 2.05) is 19.1 Å². The molecule has 1 aromatic rings. The van der Waals surface area contributed by atoms with Gasteiger partial charge in [-0.2, -0.15) is 0 Å². The summed E-state index contributed by atoms with van der Waals surface area (Å²) in [6, 6.07) is 3.81. The number of methoxy groups -OCH3 is 3. The number of hydrogen-bond donors (Lipinski definition) is 0. The van der Waals surface area contributed by atoms with Crippen LogP contribution in [0.1, 0.15) is 31.2 Å². The molecule has 0 aliphatic heterocycles. The van der Waals surface area contributed by atoms with E-state index in [-0.39, 0.29) is 11.7 Å². The van der Waals surface area contributed by atoms with Gasteiger partial charge >= 0.3 is 0 Å². The van der Waals surface area contributed by atoms with Gasteiger partial charge in [0.25, 0.3) is 0 Å². The monoisotopic (exact) mass is 276 g/mol. The van der Waals surface area contributed by atoms with Gasteiger partial charge < -0.3 is 14.2 Å². The van der Waals surface area contributed by atoms with Crippen LogP contribution < -0.4 is 14.2 Å². The Morgan fingerprint density at radius 1 is 1.00 bits per heavy atom. The van der Waals surface area contributed by atoms with E-state index < -0.39 is 0 Å². The molecule has 1 atom stereocenters. The van der Waals surface area contributed by atoms with E-state index in [2.05, 4.69) is 0 Å². The molecule has 1 aliphatic rings. The standard InChI is InChI=1S/C16H20O4/c1-10-7-11(9-12(17)8-10)13-5-6-14(18-2)16(20-4)15(13)19-3/h5-6,8,11H,7,9H2,1-4H3. The van der Waals surface area contributed by atoms with Crippen LogP contribution in [0.15, 0.2) is 23.8 Å². The molecule has 0 saturated heterocycles. The van der Waals surface area contributed by atoms with Gasteiger partial charge in [-0.05, 0) is 31.4 Å². The maximum absolute atomic E-state index is 11.8. The van der Waals surface area contributed by atoms with Crippen LogP contribution in [0.3, 0.4) is 0 Å². The van der Waals surface area contributed by atoms with Crippen LogP contribution in [-0.2, 0) is 4.79 Å². The van der Waals surface area contributed by atoms with Crippen molar-refractivity contribution in [2.24, 2.45) is 0 Å². The Kier molecular flexibility index (Phi) is 4.32. The number of benzene rings is 1. The third-order valence-electron chi connectivity index (χ3n) is 3.60. The van der Waals surface area contributed by atoms with Gasteiger partial charge in [0.1, 0.15) is 0 Å². The van der Waals surface area contributed by atoms with Crippen LogP contribution in [0.4, 0.5) is 0 Å². The second kappa shape index (κ2) is 5.99. The first-order chi connectivity index (χ1) is 9.60.